The van der Waals surface area contributed by atoms with Crippen LogP contribution in [-0.2, 0) is 6.61 Å². The summed E-state index contributed by atoms with van der Waals surface area (Å²) in [5.41, 5.74) is 1.16. The smallest absolute Gasteiger partial charge is 0.255 e. The van der Waals surface area contributed by atoms with Crippen molar-refractivity contribution in [2.45, 2.75) is 6.61 Å². The second-order valence-corrected chi connectivity index (χ2v) is 4.43. The first-order chi connectivity index (χ1) is 10.8. The molecule has 110 valence electrons. The Kier molecular flexibility index (Phi) is 4.05. The molecular formula is C15H13N5O2. The van der Waals surface area contributed by atoms with E-state index in [0.29, 0.717) is 22.8 Å². The first-order valence-corrected chi connectivity index (χ1v) is 6.63. The molecule has 7 heteroatoms. The van der Waals surface area contributed by atoms with Gasteiger partial charge < -0.3 is 10.1 Å². The third-order valence-electron chi connectivity index (χ3n) is 2.92. The van der Waals surface area contributed by atoms with Crippen molar-refractivity contribution in [3.05, 3.63) is 66.0 Å². The number of aromatic amines is 1. The normalized spacial score (nSPS) is 10.2. The van der Waals surface area contributed by atoms with Crippen molar-refractivity contribution in [1.82, 2.24) is 20.6 Å². The third kappa shape index (κ3) is 3.26. The zero-order valence-electron chi connectivity index (χ0n) is 11.6. The molecule has 0 unspecified atom stereocenters. The highest BCUT2D eigenvalue weighted by Crippen LogP contribution is 2.24. The number of para-hydroxylation sites is 2. The first-order valence-electron chi connectivity index (χ1n) is 6.63. The maximum absolute atomic E-state index is 12.2. The monoisotopic (exact) mass is 295 g/mol. The molecule has 0 bridgehead atoms. The fraction of sp³-hybridized carbons (Fsp3) is 0.0667. The quantitative estimate of drug-likeness (QED) is 0.751. The van der Waals surface area contributed by atoms with E-state index in [1.165, 1.54) is 0 Å². The largest absolute Gasteiger partial charge is 0.483 e. The number of hydrogen-bond donors (Lipinski definition) is 2. The standard InChI is InChI=1S/C15H13N5O2/c21-15(11-6-2-1-3-7-11)16-12-8-4-5-9-13(12)22-10-14-17-19-20-18-14/h1-9H,10H2,(H,16,21)(H,17,18,19,20). The number of ether oxygens (including phenoxy) is 1. The van der Waals surface area contributed by atoms with Gasteiger partial charge in [0.2, 0.25) is 5.82 Å². The second kappa shape index (κ2) is 6.49. The summed E-state index contributed by atoms with van der Waals surface area (Å²) < 4.78 is 5.62. The fourth-order valence-electron chi connectivity index (χ4n) is 1.87. The summed E-state index contributed by atoms with van der Waals surface area (Å²) in [6.45, 7) is 0.161. The molecule has 0 spiro atoms. The molecule has 7 nitrogen and oxygen atoms in total. The summed E-state index contributed by atoms with van der Waals surface area (Å²) in [4.78, 5) is 12.2. The Bertz CT molecular complexity index is 744. The predicted molar refractivity (Wildman–Crippen MR) is 79.3 cm³/mol. The van der Waals surface area contributed by atoms with Crippen LogP contribution in [0.15, 0.2) is 54.6 Å². The van der Waals surface area contributed by atoms with Crippen molar-refractivity contribution in [2.24, 2.45) is 0 Å². The highest BCUT2D eigenvalue weighted by molar-refractivity contribution is 6.04. The van der Waals surface area contributed by atoms with Crippen LogP contribution in [0.3, 0.4) is 0 Å². The summed E-state index contributed by atoms with van der Waals surface area (Å²) in [7, 11) is 0. The van der Waals surface area contributed by atoms with Crippen LogP contribution in [0.5, 0.6) is 5.75 Å². The van der Waals surface area contributed by atoms with Gasteiger partial charge in [-0.1, -0.05) is 35.5 Å². The van der Waals surface area contributed by atoms with Crippen molar-refractivity contribution in [1.29, 1.82) is 0 Å². The number of carbonyl (C=O) groups is 1. The van der Waals surface area contributed by atoms with Crippen molar-refractivity contribution >= 4 is 11.6 Å². The minimum absolute atomic E-state index is 0.161. The van der Waals surface area contributed by atoms with E-state index in [1.54, 1.807) is 24.3 Å². The van der Waals surface area contributed by atoms with Gasteiger partial charge in [0.25, 0.3) is 5.91 Å². The molecule has 1 heterocycles. The van der Waals surface area contributed by atoms with Crippen LogP contribution in [-0.4, -0.2) is 26.5 Å². The number of aromatic nitrogens is 4. The number of H-pyrrole nitrogens is 1. The number of nitrogens with zero attached hydrogens (tertiary/aromatic N) is 3. The van der Waals surface area contributed by atoms with Crippen LogP contribution in [0.1, 0.15) is 16.2 Å². The average Bonchev–Trinajstić information content (AvgIpc) is 3.08. The molecule has 0 aliphatic carbocycles. The molecule has 22 heavy (non-hydrogen) atoms. The molecule has 0 aliphatic rings. The second-order valence-electron chi connectivity index (χ2n) is 4.43. The van der Waals surface area contributed by atoms with E-state index >= 15 is 0 Å². The Morgan fingerprint density at radius 2 is 1.86 bits per heavy atom. The van der Waals surface area contributed by atoms with E-state index in [0.717, 1.165) is 0 Å². The third-order valence-corrected chi connectivity index (χ3v) is 2.92. The number of anilines is 1. The maximum atomic E-state index is 12.2. The zero-order chi connectivity index (χ0) is 15.2. The van der Waals surface area contributed by atoms with Crippen LogP contribution < -0.4 is 10.1 Å². The molecule has 0 fully saturated rings. The zero-order valence-corrected chi connectivity index (χ0v) is 11.6. The molecule has 1 amide bonds. The molecule has 0 radical (unpaired) electrons. The van der Waals surface area contributed by atoms with Gasteiger partial charge in [-0.3, -0.25) is 4.79 Å². The minimum Gasteiger partial charge on any atom is -0.483 e. The van der Waals surface area contributed by atoms with Gasteiger partial charge in [-0.05, 0) is 24.3 Å². The maximum Gasteiger partial charge on any atom is 0.255 e. The Labute approximate surface area is 126 Å². The van der Waals surface area contributed by atoms with Gasteiger partial charge in [0.05, 0.1) is 5.69 Å². The van der Waals surface area contributed by atoms with Crippen molar-refractivity contribution in [2.75, 3.05) is 5.32 Å². The number of amides is 1. The number of carbonyl (C=O) groups excluding carboxylic acids is 1. The summed E-state index contributed by atoms with van der Waals surface area (Å²) in [5, 5.41) is 16.3. The lowest BCUT2D eigenvalue weighted by Gasteiger charge is -2.11. The first kappa shape index (κ1) is 13.7. The van der Waals surface area contributed by atoms with Gasteiger partial charge in [0.15, 0.2) is 6.61 Å². The number of rotatable bonds is 5. The minimum atomic E-state index is -0.198. The molecule has 0 aliphatic heterocycles. The van der Waals surface area contributed by atoms with Gasteiger partial charge in [0, 0.05) is 5.56 Å². The van der Waals surface area contributed by atoms with Crippen LogP contribution in [0, 0.1) is 0 Å². The number of nitrogens with one attached hydrogen (secondary N) is 2. The van der Waals surface area contributed by atoms with E-state index in [9.17, 15) is 4.79 Å². The Hall–Kier alpha value is -3.22. The predicted octanol–water partition coefficient (Wildman–Crippen LogP) is 2.03. The summed E-state index contributed by atoms with van der Waals surface area (Å²) >= 11 is 0. The topological polar surface area (TPSA) is 92.8 Å². The summed E-state index contributed by atoms with van der Waals surface area (Å²) in [5.74, 6) is 0.775. The van der Waals surface area contributed by atoms with Gasteiger partial charge in [-0.2, -0.15) is 5.21 Å². The van der Waals surface area contributed by atoms with E-state index in [4.69, 9.17) is 4.74 Å². The lowest BCUT2D eigenvalue weighted by molar-refractivity contribution is 0.102. The molecule has 3 rings (SSSR count). The molecule has 2 aromatic carbocycles. The van der Waals surface area contributed by atoms with Crippen LogP contribution in [0.4, 0.5) is 5.69 Å². The van der Waals surface area contributed by atoms with Crippen molar-refractivity contribution < 1.29 is 9.53 Å². The van der Waals surface area contributed by atoms with Crippen LogP contribution in [0.25, 0.3) is 0 Å². The number of hydrogen-bond acceptors (Lipinski definition) is 5. The molecule has 3 aromatic rings. The van der Waals surface area contributed by atoms with E-state index in [2.05, 4.69) is 25.9 Å². The molecule has 0 saturated carbocycles. The fourth-order valence-corrected chi connectivity index (χ4v) is 1.87. The van der Waals surface area contributed by atoms with E-state index < -0.39 is 0 Å². The number of tetrazole rings is 1. The Morgan fingerprint density at radius 3 is 2.64 bits per heavy atom. The summed E-state index contributed by atoms with van der Waals surface area (Å²) in [6.07, 6.45) is 0. The lowest BCUT2D eigenvalue weighted by atomic mass is 10.2. The molecular weight excluding hydrogens is 282 g/mol. The molecule has 0 atom stereocenters. The van der Waals surface area contributed by atoms with Crippen LogP contribution in [0.2, 0.25) is 0 Å². The van der Waals surface area contributed by atoms with Gasteiger partial charge in [0.1, 0.15) is 5.75 Å². The highest BCUT2D eigenvalue weighted by Gasteiger charge is 2.10. The number of benzene rings is 2. The molecule has 1 aromatic heterocycles. The molecule has 0 saturated heterocycles. The van der Waals surface area contributed by atoms with Crippen LogP contribution >= 0.6 is 0 Å². The van der Waals surface area contributed by atoms with Gasteiger partial charge in [-0.25, -0.2) is 0 Å². The van der Waals surface area contributed by atoms with Crippen molar-refractivity contribution in [3.8, 4) is 5.75 Å². The molecule has 2 N–H and O–H groups in total. The Balaban J connectivity index is 1.72. The SMILES string of the molecule is O=C(Nc1ccccc1OCc1nn[nH]n1)c1ccccc1. The van der Waals surface area contributed by atoms with Crippen molar-refractivity contribution in [3.63, 3.8) is 0 Å². The van der Waals surface area contributed by atoms with E-state index in [1.807, 2.05) is 30.3 Å². The van der Waals surface area contributed by atoms with Gasteiger partial charge in [-0.15, -0.1) is 10.2 Å². The average molecular weight is 295 g/mol. The highest BCUT2D eigenvalue weighted by atomic mass is 16.5. The summed E-state index contributed by atoms with van der Waals surface area (Å²) in [6, 6.07) is 16.2. The Morgan fingerprint density at radius 1 is 1.09 bits per heavy atom. The van der Waals surface area contributed by atoms with E-state index in [-0.39, 0.29) is 12.5 Å². The lowest BCUT2D eigenvalue weighted by Crippen LogP contribution is -2.12. The van der Waals surface area contributed by atoms with Gasteiger partial charge >= 0.3 is 0 Å².